The number of guanidine groups is 1. The summed E-state index contributed by atoms with van der Waals surface area (Å²) in [5.41, 5.74) is 13.6. The molecule has 11 N–H and O–H groups in total. The fourth-order valence-corrected chi connectivity index (χ4v) is 4.96. The molecule has 0 aromatic heterocycles. The molecule has 0 radical (unpaired) electrons. The highest BCUT2D eigenvalue weighted by atomic mass is 32.2. The third kappa shape index (κ3) is 11.5. The van der Waals surface area contributed by atoms with Crippen molar-refractivity contribution in [3.63, 3.8) is 0 Å². The maximum Gasteiger partial charge on any atom is 0.418 e. The van der Waals surface area contributed by atoms with Crippen molar-refractivity contribution in [3.05, 3.63) is 65.7 Å². The van der Waals surface area contributed by atoms with Crippen molar-refractivity contribution >= 4 is 52.4 Å². The topological polar surface area (TPSA) is 193 Å². The first kappa shape index (κ1) is 36.6. The summed E-state index contributed by atoms with van der Waals surface area (Å²) in [5, 5.41) is 17.0. The van der Waals surface area contributed by atoms with Gasteiger partial charge in [-0.2, -0.15) is 26.3 Å². The molecule has 0 unspecified atom stereocenters. The fraction of sp³-hybridized carbons (Fsp3) is 0.276. The Labute approximate surface area is 269 Å². The molecule has 0 atom stereocenters. The number of anilines is 4. The summed E-state index contributed by atoms with van der Waals surface area (Å²) < 4.78 is 86.9. The van der Waals surface area contributed by atoms with Gasteiger partial charge in [0, 0.05) is 42.7 Å². The van der Waals surface area contributed by atoms with Gasteiger partial charge in [0.25, 0.3) is 0 Å². The number of amides is 3. The molecule has 0 aliphatic carbocycles. The van der Waals surface area contributed by atoms with Crippen LogP contribution in [0.15, 0.2) is 59.5 Å². The molecular weight excluding hydrogens is 654 g/mol. The van der Waals surface area contributed by atoms with Gasteiger partial charge in [-0.05, 0) is 61.4 Å². The Morgan fingerprint density at radius 2 is 1.57 bits per heavy atom. The monoisotopic (exact) mass is 686 g/mol. The van der Waals surface area contributed by atoms with Gasteiger partial charge in [0.05, 0.1) is 27.4 Å². The minimum Gasteiger partial charge on any atom is -0.457 e. The second-order valence-electron chi connectivity index (χ2n) is 9.84. The molecule has 3 aromatic rings. The molecule has 0 spiro atoms. The average molecular weight is 687 g/mol. The largest absolute Gasteiger partial charge is 0.457 e. The average Bonchev–Trinajstić information content (AvgIpc) is 2.96. The van der Waals surface area contributed by atoms with Gasteiger partial charge >= 0.3 is 18.4 Å². The number of halogens is 6. The molecule has 3 amide bonds. The summed E-state index contributed by atoms with van der Waals surface area (Å²) >= 11 is 0.910. The van der Waals surface area contributed by atoms with Gasteiger partial charge in [0.1, 0.15) is 11.5 Å². The number of alkyl halides is 6. The van der Waals surface area contributed by atoms with Crippen LogP contribution in [0.25, 0.3) is 0 Å². The standard InChI is InChI=1S/C29H32F6N8O3S/c30-28(31,32)16-13-17(37)15-20(14-16)46-19-6-4-18(5-7-19)41-27(45)43-24-21(29(33,34)35)8-9-22(25(24)47-12-10-36)42-23(44)3-1-2-11-40-26(38)39/h4-9,13-15H,1-3,10-12,36-37H2,(H,42,44)(H4,38,39,40)(H2,41,43,45). The molecule has 18 heteroatoms. The van der Waals surface area contributed by atoms with E-state index in [-0.39, 0.29) is 58.1 Å². The Kier molecular flexibility index (Phi) is 12.6. The van der Waals surface area contributed by atoms with Crippen molar-refractivity contribution in [1.29, 1.82) is 5.41 Å². The van der Waals surface area contributed by atoms with Crippen molar-refractivity contribution < 1.29 is 40.7 Å². The van der Waals surface area contributed by atoms with Gasteiger partial charge in [-0.3, -0.25) is 10.2 Å². The van der Waals surface area contributed by atoms with Gasteiger partial charge in [-0.1, -0.05) is 0 Å². The smallest absolute Gasteiger partial charge is 0.418 e. The van der Waals surface area contributed by atoms with E-state index in [0.717, 1.165) is 36.0 Å². The minimum atomic E-state index is -4.88. The summed E-state index contributed by atoms with van der Waals surface area (Å²) in [6.45, 7) is 0.453. The van der Waals surface area contributed by atoms with E-state index >= 15 is 0 Å². The number of hydrogen-bond acceptors (Lipinski definition) is 7. The van der Waals surface area contributed by atoms with Gasteiger partial charge in [-0.25, -0.2) is 4.79 Å². The number of carbonyl (C=O) groups excluding carboxylic acids is 2. The molecule has 0 aliphatic heterocycles. The first-order chi connectivity index (χ1) is 22.1. The molecule has 0 saturated carbocycles. The van der Waals surface area contributed by atoms with Crippen LogP contribution in [0.1, 0.15) is 30.4 Å². The van der Waals surface area contributed by atoms with E-state index in [1.807, 2.05) is 0 Å². The second-order valence-corrected chi connectivity index (χ2v) is 10.9. The molecule has 47 heavy (non-hydrogen) atoms. The van der Waals surface area contributed by atoms with Crippen molar-refractivity contribution in [1.82, 2.24) is 5.32 Å². The van der Waals surface area contributed by atoms with Crippen molar-refractivity contribution in [2.75, 3.05) is 40.5 Å². The van der Waals surface area contributed by atoms with Crippen LogP contribution in [0.3, 0.4) is 0 Å². The number of nitrogen functional groups attached to an aromatic ring is 1. The molecule has 0 saturated heterocycles. The third-order valence-electron chi connectivity index (χ3n) is 6.09. The predicted octanol–water partition coefficient (Wildman–Crippen LogP) is 6.39. The Bertz CT molecular complexity index is 1570. The first-order valence-corrected chi connectivity index (χ1v) is 14.8. The van der Waals surface area contributed by atoms with Gasteiger partial charge < -0.3 is 43.2 Å². The van der Waals surface area contributed by atoms with Crippen LogP contribution in [0.5, 0.6) is 11.5 Å². The summed E-state index contributed by atoms with van der Waals surface area (Å²) in [6, 6.07) is 8.78. The highest BCUT2D eigenvalue weighted by Crippen LogP contribution is 2.44. The number of carbonyl (C=O) groups is 2. The molecule has 0 fully saturated rings. The SMILES string of the molecule is N=C(N)NCCCCC(=O)Nc1ccc(C(F)(F)F)c(NC(=O)Nc2ccc(Oc3cc(N)cc(C(F)(F)F)c3)cc2)c1SCCN. The van der Waals surface area contributed by atoms with Crippen molar-refractivity contribution in [3.8, 4) is 11.5 Å². The molecular formula is C29H32F6N8O3S. The lowest BCUT2D eigenvalue weighted by Gasteiger charge is -2.21. The number of benzene rings is 3. The number of urea groups is 1. The van der Waals surface area contributed by atoms with Crippen molar-refractivity contribution in [2.45, 2.75) is 36.5 Å². The molecule has 3 rings (SSSR count). The molecule has 0 heterocycles. The van der Waals surface area contributed by atoms with E-state index < -0.39 is 41.1 Å². The Balaban J connectivity index is 1.78. The van der Waals surface area contributed by atoms with Crippen LogP contribution in [-0.4, -0.2) is 36.7 Å². The lowest BCUT2D eigenvalue weighted by Crippen LogP contribution is -2.31. The Morgan fingerprint density at radius 1 is 0.872 bits per heavy atom. The van der Waals surface area contributed by atoms with Crippen LogP contribution in [-0.2, 0) is 17.1 Å². The fourth-order valence-electron chi connectivity index (χ4n) is 4.06. The van der Waals surface area contributed by atoms with Gasteiger partial charge in [-0.15, -0.1) is 11.8 Å². The zero-order valence-electron chi connectivity index (χ0n) is 24.6. The predicted molar refractivity (Wildman–Crippen MR) is 169 cm³/mol. The van der Waals surface area contributed by atoms with E-state index in [9.17, 15) is 35.9 Å². The van der Waals surface area contributed by atoms with E-state index in [2.05, 4.69) is 21.3 Å². The zero-order valence-corrected chi connectivity index (χ0v) is 25.4. The first-order valence-electron chi connectivity index (χ1n) is 13.8. The lowest BCUT2D eigenvalue weighted by molar-refractivity contribution is -0.138. The number of rotatable bonds is 13. The minimum absolute atomic E-state index is 0.0334. The summed E-state index contributed by atoms with van der Waals surface area (Å²) in [4.78, 5) is 25.5. The van der Waals surface area contributed by atoms with Crippen molar-refractivity contribution in [2.24, 2.45) is 11.5 Å². The number of unbranched alkanes of at least 4 members (excludes halogenated alkanes) is 1. The van der Waals surface area contributed by atoms with Crippen LogP contribution < -0.4 is 43.2 Å². The van der Waals surface area contributed by atoms with Crippen LogP contribution in [0.4, 0.5) is 53.9 Å². The second kappa shape index (κ2) is 16.1. The van der Waals surface area contributed by atoms with Gasteiger partial charge in [0.2, 0.25) is 5.91 Å². The summed E-state index contributed by atoms with van der Waals surface area (Å²) in [6.07, 6.45) is -8.58. The molecule has 0 aliphatic rings. The normalized spacial score (nSPS) is 11.5. The summed E-state index contributed by atoms with van der Waals surface area (Å²) in [5.74, 6) is -0.623. The Morgan fingerprint density at radius 3 is 2.19 bits per heavy atom. The highest BCUT2D eigenvalue weighted by Gasteiger charge is 2.36. The number of thioether (sulfide) groups is 1. The Hall–Kier alpha value is -4.84. The van der Waals surface area contributed by atoms with E-state index in [1.165, 1.54) is 30.3 Å². The van der Waals surface area contributed by atoms with E-state index in [4.69, 9.17) is 27.3 Å². The van der Waals surface area contributed by atoms with E-state index in [1.54, 1.807) is 0 Å². The van der Waals surface area contributed by atoms with Crippen LogP contribution in [0.2, 0.25) is 0 Å². The third-order valence-corrected chi connectivity index (χ3v) is 7.24. The number of hydrogen-bond donors (Lipinski definition) is 8. The zero-order chi connectivity index (χ0) is 34.8. The maximum atomic E-state index is 14.0. The molecule has 0 bridgehead atoms. The number of ether oxygens (including phenoxy) is 1. The number of nitrogens with one attached hydrogen (secondary N) is 5. The molecule has 11 nitrogen and oxygen atoms in total. The molecule has 254 valence electrons. The van der Waals surface area contributed by atoms with Crippen LogP contribution in [0, 0.1) is 5.41 Å². The quantitative estimate of drug-likeness (QED) is 0.0253. The van der Waals surface area contributed by atoms with Crippen LogP contribution >= 0.6 is 11.8 Å². The van der Waals surface area contributed by atoms with Gasteiger partial charge in [0.15, 0.2) is 5.96 Å². The maximum absolute atomic E-state index is 14.0. The lowest BCUT2D eigenvalue weighted by atomic mass is 10.1. The summed E-state index contributed by atoms with van der Waals surface area (Å²) in [7, 11) is 0. The molecule has 3 aromatic carbocycles. The highest BCUT2D eigenvalue weighted by molar-refractivity contribution is 7.99. The van der Waals surface area contributed by atoms with E-state index in [0.29, 0.717) is 19.4 Å². The number of nitrogens with two attached hydrogens (primary N) is 3.